The minimum atomic E-state index is -0.255. The summed E-state index contributed by atoms with van der Waals surface area (Å²) in [5.74, 6) is 0.398. The number of nitrogens with zero attached hydrogens (tertiary/aromatic N) is 2. The summed E-state index contributed by atoms with van der Waals surface area (Å²) in [6.45, 7) is 7.41. The molecule has 15 heavy (non-hydrogen) atoms. The van der Waals surface area contributed by atoms with Gasteiger partial charge in [-0.05, 0) is 13.0 Å². The fourth-order valence-corrected chi connectivity index (χ4v) is 2.68. The van der Waals surface area contributed by atoms with Crippen LogP contribution < -0.4 is 5.32 Å². The molecule has 1 N–H and O–H groups in total. The van der Waals surface area contributed by atoms with Crippen LogP contribution in [-0.2, 0) is 4.74 Å². The molecule has 0 spiro atoms. The summed E-state index contributed by atoms with van der Waals surface area (Å²) in [6.07, 6.45) is 0.935. The maximum absolute atomic E-state index is 9.50. The molecule has 2 unspecified atom stereocenters. The van der Waals surface area contributed by atoms with E-state index in [9.17, 15) is 5.26 Å². The highest BCUT2D eigenvalue weighted by atomic mass is 16.5. The van der Waals surface area contributed by atoms with E-state index in [1.54, 1.807) is 0 Å². The van der Waals surface area contributed by atoms with Crippen LogP contribution >= 0.6 is 0 Å². The largest absolute Gasteiger partial charge is 0.379 e. The Balaban J connectivity index is 2.15. The molecule has 2 rings (SSSR count). The highest BCUT2D eigenvalue weighted by Gasteiger charge is 2.44. The number of hydrogen-bond acceptors (Lipinski definition) is 4. The zero-order chi connectivity index (χ0) is 10.7. The van der Waals surface area contributed by atoms with Gasteiger partial charge in [0, 0.05) is 25.6 Å². The molecular weight excluding hydrogens is 190 g/mol. The highest BCUT2D eigenvalue weighted by Crippen LogP contribution is 2.31. The Morgan fingerprint density at radius 3 is 2.80 bits per heavy atom. The third-order valence-electron chi connectivity index (χ3n) is 3.72. The van der Waals surface area contributed by atoms with E-state index in [1.807, 2.05) is 0 Å². The van der Waals surface area contributed by atoms with Crippen LogP contribution in [0.5, 0.6) is 0 Å². The molecule has 4 heteroatoms. The summed E-state index contributed by atoms with van der Waals surface area (Å²) in [5.41, 5.74) is -0.255. The van der Waals surface area contributed by atoms with Gasteiger partial charge in [-0.25, -0.2) is 0 Å². The van der Waals surface area contributed by atoms with Crippen molar-refractivity contribution < 1.29 is 4.74 Å². The molecule has 0 aromatic rings. The topological polar surface area (TPSA) is 48.3 Å². The molecule has 2 atom stereocenters. The second-order valence-corrected chi connectivity index (χ2v) is 4.49. The first-order valence-corrected chi connectivity index (χ1v) is 5.74. The monoisotopic (exact) mass is 209 g/mol. The molecule has 2 fully saturated rings. The Bertz CT molecular complexity index is 257. The lowest BCUT2D eigenvalue weighted by Gasteiger charge is -2.47. The Morgan fingerprint density at radius 2 is 2.20 bits per heavy atom. The van der Waals surface area contributed by atoms with E-state index in [0.717, 1.165) is 45.8 Å². The van der Waals surface area contributed by atoms with E-state index in [1.165, 1.54) is 0 Å². The minimum absolute atomic E-state index is 0.255. The number of nitrogens with one attached hydrogen (secondary N) is 1. The van der Waals surface area contributed by atoms with Gasteiger partial charge in [0.1, 0.15) is 5.54 Å². The number of ether oxygens (including phenoxy) is 1. The average molecular weight is 209 g/mol. The van der Waals surface area contributed by atoms with E-state index in [4.69, 9.17) is 4.74 Å². The van der Waals surface area contributed by atoms with Crippen molar-refractivity contribution in [1.29, 1.82) is 5.26 Å². The Labute approximate surface area is 91.2 Å². The maximum Gasteiger partial charge on any atom is 0.114 e. The fourth-order valence-electron chi connectivity index (χ4n) is 2.68. The van der Waals surface area contributed by atoms with Gasteiger partial charge >= 0.3 is 0 Å². The molecule has 2 heterocycles. The predicted octanol–water partition coefficient (Wildman–Crippen LogP) is 0.210. The zero-order valence-electron chi connectivity index (χ0n) is 9.33. The average Bonchev–Trinajstić information content (AvgIpc) is 2.31. The highest BCUT2D eigenvalue weighted by molar-refractivity contribution is 5.14. The number of morpholine rings is 1. The minimum Gasteiger partial charge on any atom is -0.379 e. The molecule has 84 valence electrons. The van der Waals surface area contributed by atoms with Crippen molar-refractivity contribution in [2.45, 2.75) is 18.9 Å². The first-order valence-electron chi connectivity index (χ1n) is 5.74. The van der Waals surface area contributed by atoms with Gasteiger partial charge in [-0.15, -0.1) is 0 Å². The van der Waals surface area contributed by atoms with E-state index >= 15 is 0 Å². The molecule has 0 radical (unpaired) electrons. The van der Waals surface area contributed by atoms with Crippen LogP contribution in [0, 0.1) is 17.2 Å². The smallest absolute Gasteiger partial charge is 0.114 e. The fraction of sp³-hybridized carbons (Fsp3) is 0.909. The first-order chi connectivity index (χ1) is 7.29. The third-order valence-corrected chi connectivity index (χ3v) is 3.72. The second-order valence-electron chi connectivity index (χ2n) is 4.49. The number of piperidine rings is 1. The van der Waals surface area contributed by atoms with E-state index < -0.39 is 0 Å². The van der Waals surface area contributed by atoms with Crippen LogP contribution in [0.3, 0.4) is 0 Å². The van der Waals surface area contributed by atoms with Gasteiger partial charge in [0.15, 0.2) is 0 Å². The summed E-state index contributed by atoms with van der Waals surface area (Å²) < 4.78 is 5.35. The van der Waals surface area contributed by atoms with Crippen LogP contribution in [0.4, 0.5) is 0 Å². The lowest BCUT2D eigenvalue weighted by Crippen LogP contribution is -2.61. The zero-order valence-corrected chi connectivity index (χ0v) is 9.33. The third kappa shape index (κ3) is 1.87. The van der Waals surface area contributed by atoms with Gasteiger partial charge in [0.25, 0.3) is 0 Å². The van der Waals surface area contributed by atoms with Crippen LogP contribution in [0.15, 0.2) is 0 Å². The first kappa shape index (κ1) is 10.9. The molecule has 4 nitrogen and oxygen atoms in total. The summed E-state index contributed by atoms with van der Waals surface area (Å²) in [4.78, 5) is 2.32. The number of nitriles is 1. The molecule has 2 aliphatic rings. The van der Waals surface area contributed by atoms with E-state index in [2.05, 4.69) is 23.2 Å². The Hall–Kier alpha value is -0.630. The van der Waals surface area contributed by atoms with Crippen LogP contribution in [0.25, 0.3) is 0 Å². The Kier molecular flexibility index (Phi) is 3.25. The molecular formula is C11H19N3O. The van der Waals surface area contributed by atoms with Gasteiger partial charge in [-0.3, -0.25) is 4.90 Å². The summed E-state index contributed by atoms with van der Waals surface area (Å²) in [7, 11) is 0. The molecule has 0 aromatic heterocycles. The molecule has 0 aromatic carbocycles. The van der Waals surface area contributed by atoms with E-state index in [0.29, 0.717) is 5.92 Å². The van der Waals surface area contributed by atoms with Crippen molar-refractivity contribution >= 4 is 0 Å². The van der Waals surface area contributed by atoms with Crippen LogP contribution in [0.2, 0.25) is 0 Å². The summed E-state index contributed by atoms with van der Waals surface area (Å²) >= 11 is 0. The molecule has 0 amide bonds. The predicted molar refractivity (Wildman–Crippen MR) is 57.4 cm³/mol. The van der Waals surface area contributed by atoms with Gasteiger partial charge in [0.2, 0.25) is 0 Å². The lowest BCUT2D eigenvalue weighted by molar-refractivity contribution is -0.0298. The van der Waals surface area contributed by atoms with Crippen molar-refractivity contribution in [1.82, 2.24) is 10.2 Å². The quantitative estimate of drug-likeness (QED) is 0.670. The van der Waals surface area contributed by atoms with Crippen molar-refractivity contribution in [2.75, 3.05) is 39.4 Å². The van der Waals surface area contributed by atoms with Crippen molar-refractivity contribution in [3.8, 4) is 6.07 Å². The van der Waals surface area contributed by atoms with Crippen molar-refractivity contribution in [2.24, 2.45) is 5.92 Å². The van der Waals surface area contributed by atoms with Gasteiger partial charge < -0.3 is 10.1 Å². The number of rotatable bonds is 1. The standard InChI is InChI=1S/C11H19N3O/c1-10-8-13-3-2-11(10,9-12)14-4-6-15-7-5-14/h10,13H,2-8H2,1H3. The SMILES string of the molecule is CC1CNCCC1(C#N)N1CCOCC1. The van der Waals surface area contributed by atoms with Crippen LogP contribution in [-0.4, -0.2) is 49.8 Å². The lowest BCUT2D eigenvalue weighted by atomic mass is 9.79. The summed E-state index contributed by atoms with van der Waals surface area (Å²) in [5, 5.41) is 12.9. The van der Waals surface area contributed by atoms with Gasteiger partial charge in [0.05, 0.1) is 19.3 Å². The van der Waals surface area contributed by atoms with Gasteiger partial charge in [-0.1, -0.05) is 6.92 Å². The molecule has 0 aliphatic carbocycles. The Morgan fingerprint density at radius 1 is 1.47 bits per heavy atom. The van der Waals surface area contributed by atoms with Crippen LogP contribution in [0.1, 0.15) is 13.3 Å². The normalized spacial score (nSPS) is 38.5. The molecule has 2 aliphatic heterocycles. The van der Waals surface area contributed by atoms with Crippen molar-refractivity contribution in [3.63, 3.8) is 0 Å². The maximum atomic E-state index is 9.50. The number of hydrogen-bond donors (Lipinski definition) is 1. The molecule has 0 saturated carbocycles. The van der Waals surface area contributed by atoms with E-state index in [-0.39, 0.29) is 5.54 Å². The van der Waals surface area contributed by atoms with Crippen molar-refractivity contribution in [3.05, 3.63) is 0 Å². The second kappa shape index (κ2) is 4.48. The van der Waals surface area contributed by atoms with Gasteiger partial charge in [-0.2, -0.15) is 5.26 Å². The molecule has 0 bridgehead atoms. The molecule has 2 saturated heterocycles. The summed E-state index contributed by atoms with van der Waals surface area (Å²) in [6, 6.07) is 2.57.